The number of esters is 1. The van der Waals surface area contributed by atoms with Gasteiger partial charge in [0.1, 0.15) is 5.75 Å². The van der Waals surface area contributed by atoms with E-state index in [4.69, 9.17) is 14.0 Å². The van der Waals surface area contributed by atoms with Crippen LogP contribution >= 0.6 is 0 Å². The van der Waals surface area contributed by atoms with Gasteiger partial charge in [-0.25, -0.2) is 4.79 Å². The van der Waals surface area contributed by atoms with E-state index in [1.54, 1.807) is 43.0 Å². The number of rotatable bonds is 6. The summed E-state index contributed by atoms with van der Waals surface area (Å²) >= 11 is 0. The van der Waals surface area contributed by atoms with Gasteiger partial charge in [0.2, 0.25) is 11.7 Å². The van der Waals surface area contributed by atoms with E-state index in [0.717, 1.165) is 12.0 Å². The Hall–Kier alpha value is -3.68. The summed E-state index contributed by atoms with van der Waals surface area (Å²) in [6.45, 7) is 4.61. The number of fused-ring (bicyclic) bond motifs is 1. The Morgan fingerprint density at radius 2 is 1.87 bits per heavy atom. The fourth-order valence-electron chi connectivity index (χ4n) is 3.46. The zero-order valence-electron chi connectivity index (χ0n) is 17.4. The van der Waals surface area contributed by atoms with E-state index in [1.807, 2.05) is 18.2 Å². The Bertz CT molecular complexity index is 1080. The first-order chi connectivity index (χ1) is 15.0. The summed E-state index contributed by atoms with van der Waals surface area (Å²) in [5.41, 5.74) is 2.73. The average Bonchev–Trinajstić information content (AvgIpc) is 3.22. The van der Waals surface area contributed by atoms with Crippen molar-refractivity contribution >= 4 is 11.9 Å². The molecule has 0 aliphatic carbocycles. The molecule has 3 aromatic rings. The van der Waals surface area contributed by atoms with E-state index < -0.39 is 12.1 Å². The van der Waals surface area contributed by atoms with Crippen LogP contribution in [0, 0.1) is 6.92 Å². The van der Waals surface area contributed by atoms with Crippen molar-refractivity contribution in [1.82, 2.24) is 15.0 Å². The molecule has 0 N–H and O–H groups in total. The number of ether oxygens (including phenoxy) is 2. The summed E-state index contributed by atoms with van der Waals surface area (Å²) < 4.78 is 15.9. The van der Waals surface area contributed by atoms with Gasteiger partial charge < -0.3 is 18.9 Å². The molecule has 0 spiro atoms. The van der Waals surface area contributed by atoms with Crippen molar-refractivity contribution < 1.29 is 23.6 Å². The highest BCUT2D eigenvalue weighted by molar-refractivity contribution is 5.92. The number of hydrogen-bond donors (Lipinski definition) is 0. The zero-order valence-corrected chi connectivity index (χ0v) is 17.4. The third-order valence-corrected chi connectivity index (χ3v) is 5.10. The molecule has 1 amide bonds. The fraction of sp³-hybridized carbons (Fsp3) is 0.304. The summed E-state index contributed by atoms with van der Waals surface area (Å²) in [6.07, 6.45) is -0.0665. The number of aromatic nitrogens is 2. The summed E-state index contributed by atoms with van der Waals surface area (Å²) in [5.74, 6) is 0.703. The molecule has 1 aliphatic heterocycles. The van der Waals surface area contributed by atoms with Crippen LogP contribution in [0.1, 0.15) is 40.1 Å². The standard InChI is InChI=1S/C23H23N3O5/c1-15(22(27)26-12-11-17-5-3-4-6-19(17)13-26)30-23(28)18-7-9-20(10-8-18)29-14-21-24-16(2)31-25-21/h3-10,15H,11-14H2,1-2H3/t15-/m0/s1. The van der Waals surface area contributed by atoms with E-state index >= 15 is 0 Å². The molecule has 8 heteroatoms. The maximum Gasteiger partial charge on any atom is 0.338 e. The average molecular weight is 421 g/mol. The largest absolute Gasteiger partial charge is 0.485 e. The lowest BCUT2D eigenvalue weighted by Gasteiger charge is -2.30. The fourth-order valence-corrected chi connectivity index (χ4v) is 3.46. The van der Waals surface area contributed by atoms with Crippen LogP contribution in [0.4, 0.5) is 0 Å². The maximum atomic E-state index is 12.8. The molecule has 2 aromatic carbocycles. The SMILES string of the molecule is Cc1nc(COc2ccc(C(=O)O[C@@H](C)C(=O)N3CCc4ccccc4C3)cc2)no1. The number of carbonyl (C=O) groups is 2. The van der Waals surface area contributed by atoms with Crippen molar-refractivity contribution in [2.24, 2.45) is 0 Å². The second kappa shape index (κ2) is 8.99. The predicted octanol–water partition coefficient (Wildman–Crippen LogP) is 3.09. The highest BCUT2D eigenvalue weighted by Gasteiger charge is 2.27. The number of amides is 1. The molecule has 0 radical (unpaired) electrons. The van der Waals surface area contributed by atoms with Gasteiger partial charge in [-0.3, -0.25) is 4.79 Å². The Balaban J connectivity index is 1.30. The number of benzene rings is 2. The number of carbonyl (C=O) groups excluding carboxylic acids is 2. The molecule has 160 valence electrons. The molecule has 0 fully saturated rings. The Kier molecular flexibility index (Phi) is 5.97. The van der Waals surface area contributed by atoms with Crippen LogP contribution in [0.15, 0.2) is 53.1 Å². The molecule has 0 bridgehead atoms. The highest BCUT2D eigenvalue weighted by atomic mass is 16.5. The maximum absolute atomic E-state index is 12.8. The number of hydrogen-bond acceptors (Lipinski definition) is 7. The number of aryl methyl sites for hydroxylation is 1. The van der Waals surface area contributed by atoms with Gasteiger partial charge in [-0.2, -0.15) is 4.98 Å². The lowest BCUT2D eigenvalue weighted by Crippen LogP contribution is -2.42. The Labute approximate surface area is 179 Å². The Morgan fingerprint density at radius 3 is 2.58 bits per heavy atom. The van der Waals surface area contributed by atoms with Crippen molar-refractivity contribution in [2.45, 2.75) is 39.5 Å². The van der Waals surface area contributed by atoms with E-state index in [-0.39, 0.29) is 12.5 Å². The van der Waals surface area contributed by atoms with Crippen LogP contribution < -0.4 is 4.74 Å². The number of nitrogens with zero attached hydrogens (tertiary/aromatic N) is 3. The van der Waals surface area contributed by atoms with Crippen LogP contribution in [0.2, 0.25) is 0 Å². The monoisotopic (exact) mass is 421 g/mol. The molecule has 1 aliphatic rings. The predicted molar refractivity (Wildman–Crippen MR) is 110 cm³/mol. The minimum atomic E-state index is -0.866. The molecular formula is C23H23N3O5. The summed E-state index contributed by atoms with van der Waals surface area (Å²) in [6, 6.07) is 14.6. The van der Waals surface area contributed by atoms with E-state index in [1.165, 1.54) is 5.56 Å². The first kappa shape index (κ1) is 20.6. The van der Waals surface area contributed by atoms with Crippen molar-refractivity contribution in [3.05, 3.63) is 76.9 Å². The van der Waals surface area contributed by atoms with Crippen LogP contribution in [-0.2, 0) is 29.1 Å². The molecule has 0 unspecified atom stereocenters. The van der Waals surface area contributed by atoms with Crippen LogP contribution in [-0.4, -0.2) is 39.6 Å². The minimum Gasteiger partial charge on any atom is -0.485 e. The lowest BCUT2D eigenvalue weighted by molar-refractivity contribution is -0.140. The summed E-state index contributed by atoms with van der Waals surface area (Å²) in [7, 11) is 0. The van der Waals surface area contributed by atoms with Crippen molar-refractivity contribution in [3.8, 4) is 5.75 Å². The van der Waals surface area contributed by atoms with Gasteiger partial charge in [0.05, 0.1) is 5.56 Å². The quantitative estimate of drug-likeness (QED) is 0.565. The molecule has 4 rings (SSSR count). The molecule has 1 aromatic heterocycles. The van der Waals surface area contributed by atoms with Crippen molar-refractivity contribution in [3.63, 3.8) is 0 Å². The molecule has 31 heavy (non-hydrogen) atoms. The summed E-state index contributed by atoms with van der Waals surface area (Å²) in [4.78, 5) is 31.0. The van der Waals surface area contributed by atoms with Crippen LogP contribution in [0.3, 0.4) is 0 Å². The smallest absolute Gasteiger partial charge is 0.338 e. The van der Waals surface area contributed by atoms with Crippen molar-refractivity contribution in [2.75, 3.05) is 6.54 Å². The van der Waals surface area contributed by atoms with Gasteiger partial charge in [-0.05, 0) is 48.7 Å². The normalized spacial score (nSPS) is 13.9. The van der Waals surface area contributed by atoms with Crippen LogP contribution in [0.5, 0.6) is 5.75 Å². The second-order valence-electron chi connectivity index (χ2n) is 7.37. The van der Waals surface area contributed by atoms with E-state index in [2.05, 4.69) is 16.2 Å². The van der Waals surface area contributed by atoms with Gasteiger partial charge in [-0.1, -0.05) is 29.4 Å². The second-order valence-corrected chi connectivity index (χ2v) is 7.37. The third-order valence-electron chi connectivity index (χ3n) is 5.10. The molecule has 0 saturated carbocycles. The van der Waals surface area contributed by atoms with Gasteiger partial charge in [0.15, 0.2) is 12.7 Å². The summed E-state index contributed by atoms with van der Waals surface area (Å²) in [5, 5.41) is 3.76. The third kappa shape index (κ3) is 4.91. The van der Waals surface area contributed by atoms with Gasteiger partial charge in [0, 0.05) is 20.0 Å². The highest BCUT2D eigenvalue weighted by Crippen LogP contribution is 2.20. The van der Waals surface area contributed by atoms with Gasteiger partial charge in [0.25, 0.3) is 5.91 Å². The lowest BCUT2D eigenvalue weighted by atomic mass is 9.99. The molecule has 8 nitrogen and oxygen atoms in total. The van der Waals surface area contributed by atoms with Gasteiger partial charge in [-0.15, -0.1) is 0 Å². The zero-order chi connectivity index (χ0) is 21.8. The first-order valence-electron chi connectivity index (χ1n) is 10.1. The Morgan fingerprint density at radius 1 is 1.13 bits per heavy atom. The first-order valence-corrected chi connectivity index (χ1v) is 10.1. The molecule has 1 atom stereocenters. The topological polar surface area (TPSA) is 94.8 Å². The van der Waals surface area contributed by atoms with Crippen LogP contribution in [0.25, 0.3) is 0 Å². The molecular weight excluding hydrogens is 398 g/mol. The minimum absolute atomic E-state index is 0.158. The molecule has 0 saturated heterocycles. The van der Waals surface area contributed by atoms with E-state index in [9.17, 15) is 9.59 Å². The van der Waals surface area contributed by atoms with Gasteiger partial charge >= 0.3 is 5.97 Å². The molecule has 2 heterocycles. The van der Waals surface area contributed by atoms with Crippen molar-refractivity contribution in [1.29, 1.82) is 0 Å². The van der Waals surface area contributed by atoms with E-state index in [0.29, 0.717) is 36.1 Å².